The number of nitrogens with one attached hydrogen (secondary N) is 2. The van der Waals surface area contributed by atoms with Gasteiger partial charge in [0.1, 0.15) is 12.6 Å². The lowest BCUT2D eigenvalue weighted by Crippen LogP contribution is -2.52. The number of esters is 1. The van der Waals surface area contributed by atoms with Gasteiger partial charge in [0.05, 0.1) is 12.0 Å². The predicted octanol–water partition coefficient (Wildman–Crippen LogP) is 7.30. The van der Waals surface area contributed by atoms with Crippen molar-refractivity contribution in [3.63, 3.8) is 0 Å². The molecule has 3 rings (SSSR count). The fourth-order valence-corrected chi connectivity index (χ4v) is 7.16. The smallest absolute Gasteiger partial charge is 0.403 e. The first kappa shape index (κ1) is 45.1. The van der Waals surface area contributed by atoms with Crippen LogP contribution in [0.15, 0.2) is 24.3 Å². The zero-order valence-corrected chi connectivity index (χ0v) is 33.1. The van der Waals surface area contributed by atoms with Crippen LogP contribution in [0.3, 0.4) is 0 Å². The number of ether oxygens (including phenoxy) is 1. The Balaban J connectivity index is 1.63. The van der Waals surface area contributed by atoms with Gasteiger partial charge in [-0.15, -0.1) is 0 Å². The summed E-state index contributed by atoms with van der Waals surface area (Å²) in [7, 11) is 0. The van der Waals surface area contributed by atoms with Crippen molar-refractivity contribution >= 4 is 35.2 Å². The van der Waals surface area contributed by atoms with Crippen LogP contribution in [0.1, 0.15) is 118 Å². The van der Waals surface area contributed by atoms with Crippen LogP contribution in [0.4, 0.5) is 18.9 Å². The summed E-state index contributed by atoms with van der Waals surface area (Å²) in [5.74, 6) is -3.32. The number of nitrogens with zero attached hydrogens (tertiary/aromatic N) is 2. The molecule has 10 nitrogen and oxygen atoms in total. The van der Waals surface area contributed by atoms with E-state index in [1.54, 1.807) is 52.0 Å². The Kier molecular flexibility index (Phi) is 18.1. The maximum atomic E-state index is 14.3. The molecule has 54 heavy (non-hydrogen) atoms. The fourth-order valence-electron chi connectivity index (χ4n) is 7.16. The number of hydrogen-bond donors (Lipinski definition) is 2. The molecule has 2 heterocycles. The number of carbonyl (C=O) groups excluding carboxylic acids is 5. The lowest BCUT2D eigenvalue weighted by atomic mass is 9.88. The van der Waals surface area contributed by atoms with E-state index in [0.717, 1.165) is 38.0 Å². The van der Waals surface area contributed by atoms with E-state index >= 15 is 0 Å². The summed E-state index contributed by atoms with van der Waals surface area (Å²) < 4.78 is 48.3. The first-order valence-electron chi connectivity index (χ1n) is 20.0. The molecule has 1 aromatic carbocycles. The van der Waals surface area contributed by atoms with E-state index < -0.39 is 35.9 Å². The molecule has 0 bridgehead atoms. The molecule has 13 heteroatoms. The first-order chi connectivity index (χ1) is 25.5. The largest absolute Gasteiger partial charge is 0.461 e. The highest BCUT2D eigenvalue weighted by atomic mass is 19.4. The zero-order valence-electron chi connectivity index (χ0n) is 33.1. The summed E-state index contributed by atoms with van der Waals surface area (Å²) in [6, 6.07) is 3.82. The second kappa shape index (κ2) is 21.7. The molecule has 2 aliphatic rings. The first-order valence-corrected chi connectivity index (χ1v) is 20.0. The molecular weight excluding hydrogens is 701 g/mol. The van der Waals surface area contributed by atoms with Crippen LogP contribution in [-0.4, -0.2) is 83.7 Å². The zero-order chi connectivity index (χ0) is 40.0. The Hall–Kier alpha value is -3.32. The average Bonchev–Trinajstić information content (AvgIpc) is 3.40. The number of ketones is 1. The van der Waals surface area contributed by atoms with Crippen molar-refractivity contribution in [3.8, 4) is 0 Å². The number of anilines is 1. The van der Waals surface area contributed by atoms with E-state index in [1.807, 2.05) is 13.8 Å². The number of alkyl halides is 3. The molecule has 2 fully saturated rings. The summed E-state index contributed by atoms with van der Waals surface area (Å²) in [5, 5.41) is 5.52. The Morgan fingerprint density at radius 1 is 0.870 bits per heavy atom. The maximum Gasteiger partial charge on any atom is 0.403 e. The lowest BCUT2D eigenvalue weighted by molar-refractivity contribution is -0.161. The highest BCUT2D eigenvalue weighted by Crippen LogP contribution is 2.29. The van der Waals surface area contributed by atoms with Crippen LogP contribution in [-0.2, 0) is 35.3 Å². The van der Waals surface area contributed by atoms with E-state index in [2.05, 4.69) is 15.5 Å². The summed E-state index contributed by atoms with van der Waals surface area (Å²) in [6.45, 7) is 13.7. The maximum absolute atomic E-state index is 14.3. The summed E-state index contributed by atoms with van der Waals surface area (Å²) in [4.78, 5) is 67.9. The molecular formula is C41H63F3N4O6. The van der Waals surface area contributed by atoms with Crippen LogP contribution in [0.25, 0.3) is 0 Å². The topological polar surface area (TPSA) is 125 Å². The van der Waals surface area contributed by atoms with Crippen LogP contribution in [0, 0.1) is 29.6 Å². The third-order valence-corrected chi connectivity index (χ3v) is 10.6. The minimum absolute atomic E-state index is 0.0400. The molecule has 0 aromatic heterocycles. The Bertz CT molecular complexity index is 1380. The number of halogens is 3. The van der Waals surface area contributed by atoms with Crippen molar-refractivity contribution in [1.82, 2.24) is 15.1 Å². The summed E-state index contributed by atoms with van der Waals surface area (Å²) >= 11 is 0. The van der Waals surface area contributed by atoms with Gasteiger partial charge in [-0.3, -0.25) is 34.2 Å². The van der Waals surface area contributed by atoms with Gasteiger partial charge in [-0.1, -0.05) is 72.9 Å². The van der Waals surface area contributed by atoms with Crippen LogP contribution >= 0.6 is 0 Å². The number of amides is 3. The highest BCUT2D eigenvalue weighted by Gasteiger charge is 2.43. The van der Waals surface area contributed by atoms with E-state index in [-0.39, 0.29) is 80.3 Å². The number of Topliss-reactive ketones (excluding diaryl/α,β-unsaturated/α-hetero) is 1. The predicted molar refractivity (Wildman–Crippen MR) is 202 cm³/mol. The van der Waals surface area contributed by atoms with Crippen molar-refractivity contribution in [3.05, 3.63) is 29.8 Å². The molecule has 1 aromatic rings. The number of benzene rings is 1. The van der Waals surface area contributed by atoms with Crippen LogP contribution < -0.4 is 10.6 Å². The van der Waals surface area contributed by atoms with Gasteiger partial charge in [0, 0.05) is 36.9 Å². The van der Waals surface area contributed by atoms with Crippen molar-refractivity contribution in [2.45, 2.75) is 137 Å². The Morgan fingerprint density at radius 3 is 2.11 bits per heavy atom. The molecule has 1 unspecified atom stereocenters. The number of hydrogen-bond acceptors (Lipinski definition) is 8. The van der Waals surface area contributed by atoms with Crippen molar-refractivity contribution in [2.75, 3.05) is 31.5 Å². The Morgan fingerprint density at radius 2 is 1.54 bits per heavy atom. The van der Waals surface area contributed by atoms with Gasteiger partial charge in [-0.2, -0.15) is 13.2 Å². The average molecular weight is 765 g/mol. The van der Waals surface area contributed by atoms with Crippen molar-refractivity contribution in [1.29, 1.82) is 0 Å². The van der Waals surface area contributed by atoms with Gasteiger partial charge >= 0.3 is 12.1 Å². The second-order valence-corrected chi connectivity index (χ2v) is 16.1. The van der Waals surface area contributed by atoms with Gasteiger partial charge in [0.25, 0.3) is 0 Å². The molecule has 0 radical (unpaired) electrons. The molecule has 0 spiro atoms. The molecule has 2 N–H and O–H groups in total. The number of rotatable bonds is 22. The lowest BCUT2D eigenvalue weighted by Gasteiger charge is -2.30. The van der Waals surface area contributed by atoms with Gasteiger partial charge in [-0.25, -0.2) is 0 Å². The van der Waals surface area contributed by atoms with Gasteiger partial charge in [0.2, 0.25) is 17.7 Å². The van der Waals surface area contributed by atoms with Gasteiger partial charge < -0.3 is 15.0 Å². The molecule has 4 atom stereocenters. The van der Waals surface area contributed by atoms with Crippen molar-refractivity contribution in [2.24, 2.45) is 29.6 Å². The van der Waals surface area contributed by atoms with Crippen LogP contribution in [0.2, 0.25) is 0 Å². The number of piperidine rings is 1. The minimum Gasteiger partial charge on any atom is -0.461 e. The third-order valence-electron chi connectivity index (χ3n) is 10.6. The fraction of sp³-hybridized carbons (Fsp3) is 0.732. The van der Waals surface area contributed by atoms with Gasteiger partial charge in [-0.05, 0) is 87.7 Å². The van der Waals surface area contributed by atoms with E-state index in [1.165, 1.54) is 11.3 Å². The summed E-state index contributed by atoms with van der Waals surface area (Å²) in [6.07, 6.45) is 0.598. The SMILES string of the molecule is CC(C)C(=O)OCc1ccc(NC(=O)[C@H](CCCN2CCCCC2)CC(=O)[C@@H](N[C@H](CCCCCN2C(=O)CC(C(C)C)C2=O)C(F)(F)F)C(C)C)cc1. The van der Waals surface area contributed by atoms with Gasteiger partial charge in [0.15, 0.2) is 5.78 Å². The number of carbonyl (C=O) groups is 5. The molecule has 3 amide bonds. The monoisotopic (exact) mass is 764 g/mol. The quantitative estimate of drug-likeness (QED) is 0.0717. The molecule has 2 aliphatic heterocycles. The normalized spacial score (nSPS) is 18.7. The summed E-state index contributed by atoms with van der Waals surface area (Å²) in [5.41, 5.74) is 1.25. The van der Waals surface area contributed by atoms with E-state index in [0.29, 0.717) is 31.4 Å². The van der Waals surface area contributed by atoms with E-state index in [4.69, 9.17) is 4.74 Å². The van der Waals surface area contributed by atoms with E-state index in [9.17, 15) is 37.1 Å². The molecule has 0 saturated carbocycles. The second-order valence-electron chi connectivity index (χ2n) is 16.1. The number of likely N-dealkylation sites (tertiary alicyclic amines) is 2. The van der Waals surface area contributed by atoms with Crippen LogP contribution in [0.5, 0.6) is 0 Å². The third kappa shape index (κ3) is 14.4. The minimum atomic E-state index is -4.61. The molecule has 2 saturated heterocycles. The van der Waals surface area contributed by atoms with Crippen molar-refractivity contribution < 1.29 is 41.9 Å². The number of unbranched alkanes of at least 4 members (excludes halogenated alkanes) is 2. The highest BCUT2D eigenvalue weighted by molar-refractivity contribution is 6.03. The number of imide groups is 1. The molecule has 0 aliphatic carbocycles. The Labute approximate surface area is 319 Å². The standard InChI is InChI=1S/C41H63F3N4O6/c1-27(2)33-25-36(50)48(39(33)52)23-12-7-9-15-35(41(42,43)44)46-37(28(3)4)34(49)24-31(14-13-22-47-20-10-8-11-21-47)38(51)45-32-18-16-30(17-19-32)26-54-40(53)29(5)6/h16-19,27-29,31,33,35,37,46H,7-15,20-26H2,1-6H3,(H,45,51)/t31-,33?,35-,37+/m1/s1. The molecule has 304 valence electrons.